The summed E-state index contributed by atoms with van der Waals surface area (Å²) < 4.78 is 14.4. The molecule has 7 heteroatoms. The van der Waals surface area contributed by atoms with Crippen LogP contribution in [-0.4, -0.2) is 33.4 Å². The Morgan fingerprint density at radius 2 is 1.11 bits per heavy atom. The quantitative estimate of drug-likeness (QED) is 0.423. The Balaban J connectivity index is -0.000000366. The molecule has 0 fully saturated rings. The summed E-state index contributed by atoms with van der Waals surface area (Å²) in [4.78, 5) is 21.6. The van der Waals surface area contributed by atoms with Crippen LogP contribution < -0.4 is 0 Å². The standard InChI is InChI=1S/C12H26O.H3O4P.H2O/c1-3-5-7-9-11-13-12-10-8-6-4-2;1-5(2,3)4;/h3-12H2,1-2H3;(H3,1,2,3,4);1H2. The first-order chi connectivity index (χ1) is 8.41. The molecule has 0 unspecified atom stereocenters. The molecule has 0 aliphatic carbocycles. The van der Waals surface area contributed by atoms with Gasteiger partial charge in [-0.25, -0.2) is 4.57 Å². The van der Waals surface area contributed by atoms with E-state index in [0.717, 1.165) is 13.2 Å². The first-order valence-electron chi connectivity index (χ1n) is 6.77. The van der Waals surface area contributed by atoms with Crippen molar-refractivity contribution in [3.63, 3.8) is 0 Å². The van der Waals surface area contributed by atoms with Crippen LogP contribution in [0.25, 0.3) is 0 Å². The Morgan fingerprint density at radius 3 is 1.37 bits per heavy atom. The zero-order chi connectivity index (χ0) is 14.3. The van der Waals surface area contributed by atoms with Crippen LogP contribution in [0.4, 0.5) is 0 Å². The van der Waals surface area contributed by atoms with E-state index in [1.165, 1.54) is 51.4 Å². The van der Waals surface area contributed by atoms with Crippen molar-refractivity contribution < 1.29 is 29.5 Å². The van der Waals surface area contributed by atoms with Gasteiger partial charge in [-0.1, -0.05) is 52.4 Å². The summed E-state index contributed by atoms with van der Waals surface area (Å²) in [6.45, 7) is 6.44. The molecule has 0 spiro atoms. The van der Waals surface area contributed by atoms with Gasteiger partial charge in [0.1, 0.15) is 0 Å². The third-order valence-electron chi connectivity index (χ3n) is 2.28. The van der Waals surface area contributed by atoms with Gasteiger partial charge in [0.2, 0.25) is 0 Å². The van der Waals surface area contributed by atoms with E-state index in [1.807, 2.05) is 0 Å². The van der Waals surface area contributed by atoms with Gasteiger partial charge in [-0.15, -0.1) is 0 Å². The summed E-state index contributed by atoms with van der Waals surface area (Å²) in [6.07, 6.45) is 10.5. The van der Waals surface area contributed by atoms with Gasteiger partial charge in [0, 0.05) is 13.2 Å². The lowest BCUT2D eigenvalue weighted by molar-refractivity contribution is 0.126. The van der Waals surface area contributed by atoms with Crippen molar-refractivity contribution in [3.8, 4) is 0 Å². The van der Waals surface area contributed by atoms with Crippen LogP contribution in [0.3, 0.4) is 0 Å². The highest BCUT2D eigenvalue weighted by atomic mass is 31.2. The molecule has 0 aromatic carbocycles. The highest BCUT2D eigenvalue weighted by molar-refractivity contribution is 7.45. The summed E-state index contributed by atoms with van der Waals surface area (Å²) in [5.41, 5.74) is 0. The third kappa shape index (κ3) is 46.1. The maximum atomic E-state index is 8.88. The molecular formula is C12H31O6P. The Morgan fingerprint density at radius 1 is 0.789 bits per heavy atom. The Hall–Kier alpha value is 0.0300. The predicted octanol–water partition coefficient (Wildman–Crippen LogP) is 2.41. The van der Waals surface area contributed by atoms with Gasteiger partial charge in [-0.05, 0) is 12.8 Å². The first kappa shape index (κ1) is 24.1. The fourth-order valence-corrected chi connectivity index (χ4v) is 1.36. The second-order valence-electron chi connectivity index (χ2n) is 4.25. The maximum absolute atomic E-state index is 8.88. The van der Waals surface area contributed by atoms with Gasteiger partial charge in [-0.2, -0.15) is 0 Å². The molecule has 0 radical (unpaired) electrons. The van der Waals surface area contributed by atoms with E-state index in [0.29, 0.717) is 0 Å². The molecule has 0 saturated heterocycles. The minimum absolute atomic E-state index is 0. The lowest BCUT2D eigenvalue weighted by atomic mass is 10.2. The van der Waals surface area contributed by atoms with E-state index >= 15 is 0 Å². The largest absolute Gasteiger partial charge is 0.466 e. The van der Waals surface area contributed by atoms with Gasteiger partial charge in [0.25, 0.3) is 0 Å². The average Bonchev–Trinajstić information content (AvgIpc) is 2.25. The summed E-state index contributed by atoms with van der Waals surface area (Å²) in [5.74, 6) is 0. The third-order valence-corrected chi connectivity index (χ3v) is 2.28. The second kappa shape index (κ2) is 18.0. The number of phosphoric acid groups is 1. The first-order valence-corrected chi connectivity index (χ1v) is 8.34. The van der Waals surface area contributed by atoms with Crippen LogP contribution in [0.2, 0.25) is 0 Å². The van der Waals surface area contributed by atoms with Crippen LogP contribution >= 0.6 is 7.82 Å². The molecule has 0 atom stereocenters. The van der Waals surface area contributed by atoms with Crippen LogP contribution in [0.5, 0.6) is 0 Å². The SMILES string of the molecule is CCCCCCOCCCCCC.O.O=P(O)(O)O. The molecule has 6 nitrogen and oxygen atoms in total. The zero-order valence-electron chi connectivity index (χ0n) is 12.2. The highest BCUT2D eigenvalue weighted by Crippen LogP contribution is 2.25. The van der Waals surface area contributed by atoms with E-state index in [-0.39, 0.29) is 5.48 Å². The summed E-state index contributed by atoms with van der Waals surface area (Å²) >= 11 is 0. The molecule has 19 heavy (non-hydrogen) atoms. The van der Waals surface area contributed by atoms with Gasteiger partial charge < -0.3 is 24.9 Å². The maximum Gasteiger partial charge on any atom is 0.466 e. The van der Waals surface area contributed by atoms with Crippen LogP contribution in [-0.2, 0) is 9.30 Å². The zero-order valence-corrected chi connectivity index (χ0v) is 13.1. The van der Waals surface area contributed by atoms with Crippen molar-refractivity contribution >= 4 is 7.82 Å². The topological polar surface area (TPSA) is 118 Å². The van der Waals surface area contributed by atoms with E-state index in [1.54, 1.807) is 0 Å². The molecular weight excluding hydrogens is 271 g/mol. The Labute approximate surface area is 116 Å². The van der Waals surface area contributed by atoms with Crippen molar-refractivity contribution in [1.29, 1.82) is 0 Å². The molecule has 0 saturated carbocycles. The lowest BCUT2D eigenvalue weighted by Crippen LogP contribution is -1.96. The second-order valence-corrected chi connectivity index (χ2v) is 5.27. The van der Waals surface area contributed by atoms with E-state index in [9.17, 15) is 0 Å². The summed E-state index contributed by atoms with van der Waals surface area (Å²) in [7, 11) is -4.64. The molecule has 0 heterocycles. The Bertz CT molecular complexity index is 176. The predicted molar refractivity (Wildman–Crippen MR) is 77.0 cm³/mol. The number of unbranched alkanes of at least 4 members (excludes halogenated alkanes) is 6. The number of hydrogen-bond donors (Lipinski definition) is 3. The number of ether oxygens (including phenoxy) is 1. The van der Waals surface area contributed by atoms with Gasteiger partial charge >= 0.3 is 7.82 Å². The van der Waals surface area contributed by atoms with Crippen LogP contribution in [0.1, 0.15) is 65.2 Å². The highest BCUT2D eigenvalue weighted by Gasteiger charge is 2.00. The van der Waals surface area contributed by atoms with Gasteiger partial charge in [0.05, 0.1) is 0 Å². The molecule has 5 N–H and O–H groups in total. The number of hydrogen-bond acceptors (Lipinski definition) is 2. The van der Waals surface area contributed by atoms with Gasteiger partial charge in [-0.3, -0.25) is 0 Å². The summed E-state index contributed by atoms with van der Waals surface area (Å²) in [6, 6.07) is 0. The van der Waals surface area contributed by atoms with E-state index in [4.69, 9.17) is 24.0 Å². The smallest absolute Gasteiger partial charge is 0.412 e. The molecule has 0 aromatic heterocycles. The number of rotatable bonds is 10. The van der Waals surface area contributed by atoms with E-state index in [2.05, 4.69) is 13.8 Å². The summed E-state index contributed by atoms with van der Waals surface area (Å²) in [5, 5.41) is 0. The lowest BCUT2D eigenvalue weighted by Gasteiger charge is -2.03. The Kier molecular flexibility index (Phi) is 22.8. The van der Waals surface area contributed by atoms with Crippen molar-refractivity contribution in [1.82, 2.24) is 0 Å². The molecule has 120 valence electrons. The molecule has 0 aromatic rings. The minimum atomic E-state index is -4.64. The molecule has 0 amide bonds. The fraction of sp³-hybridized carbons (Fsp3) is 1.00. The normalized spacial score (nSPS) is 10.4. The molecule has 0 bridgehead atoms. The molecule has 0 aliphatic heterocycles. The van der Waals surface area contributed by atoms with Crippen molar-refractivity contribution in [3.05, 3.63) is 0 Å². The van der Waals surface area contributed by atoms with Crippen molar-refractivity contribution in [2.75, 3.05) is 13.2 Å². The average molecular weight is 302 g/mol. The fourth-order valence-electron chi connectivity index (χ4n) is 1.36. The monoisotopic (exact) mass is 302 g/mol. The molecule has 0 aliphatic rings. The van der Waals surface area contributed by atoms with Crippen molar-refractivity contribution in [2.45, 2.75) is 65.2 Å². The van der Waals surface area contributed by atoms with E-state index < -0.39 is 7.82 Å². The van der Waals surface area contributed by atoms with Crippen LogP contribution in [0, 0.1) is 0 Å². The van der Waals surface area contributed by atoms with Crippen LogP contribution in [0.15, 0.2) is 0 Å². The molecule has 0 rings (SSSR count). The van der Waals surface area contributed by atoms with Gasteiger partial charge in [0.15, 0.2) is 0 Å². The van der Waals surface area contributed by atoms with Crippen molar-refractivity contribution in [2.24, 2.45) is 0 Å². The minimum Gasteiger partial charge on any atom is -0.412 e.